The molecule has 0 spiro atoms. The lowest BCUT2D eigenvalue weighted by Crippen LogP contribution is -2.52. The largest absolute Gasteiger partial charge is 0.370 e. The van der Waals surface area contributed by atoms with Gasteiger partial charge in [-0.2, -0.15) is 4.98 Å². The van der Waals surface area contributed by atoms with Crippen molar-refractivity contribution in [2.24, 2.45) is 0 Å². The maximum Gasteiger partial charge on any atom is 0.229 e. The lowest BCUT2D eigenvalue weighted by Gasteiger charge is -2.42. The summed E-state index contributed by atoms with van der Waals surface area (Å²) >= 11 is 15.1. The first-order valence-corrected chi connectivity index (χ1v) is 14.7. The minimum atomic E-state index is 0.521. The quantitative estimate of drug-likeness (QED) is 0.452. The second kappa shape index (κ2) is 10.9. The van der Waals surface area contributed by atoms with E-state index in [0.717, 1.165) is 54.8 Å². The van der Waals surface area contributed by atoms with E-state index in [0.29, 0.717) is 17.0 Å². The number of benzene rings is 1. The van der Waals surface area contributed by atoms with Crippen LogP contribution in [0.3, 0.4) is 0 Å². The molecule has 0 saturated carbocycles. The van der Waals surface area contributed by atoms with Gasteiger partial charge in [-0.1, -0.05) is 23.2 Å². The number of halogens is 2. The molecule has 2 aromatic heterocycles. The van der Waals surface area contributed by atoms with E-state index in [1.165, 1.54) is 49.5 Å². The molecule has 7 nitrogen and oxygen atoms in total. The van der Waals surface area contributed by atoms with Crippen LogP contribution in [0.4, 0.5) is 23.1 Å². The summed E-state index contributed by atoms with van der Waals surface area (Å²) < 4.78 is 0. The number of anilines is 4. The highest BCUT2D eigenvalue weighted by Crippen LogP contribution is 2.34. The van der Waals surface area contributed by atoms with Crippen LogP contribution in [0.5, 0.6) is 0 Å². The molecule has 196 valence electrons. The lowest BCUT2D eigenvalue weighted by atomic mass is 10.0. The molecule has 2 saturated heterocycles. The predicted molar refractivity (Wildman–Crippen MR) is 155 cm³/mol. The molecule has 0 unspecified atom stereocenters. The Balaban J connectivity index is 1.10. The van der Waals surface area contributed by atoms with Crippen LogP contribution in [0.25, 0.3) is 0 Å². The third-order valence-electron chi connectivity index (χ3n) is 7.90. The second-order valence-corrected chi connectivity index (χ2v) is 12.1. The van der Waals surface area contributed by atoms with Crippen molar-refractivity contribution in [3.63, 3.8) is 0 Å². The van der Waals surface area contributed by atoms with E-state index >= 15 is 0 Å². The van der Waals surface area contributed by atoms with Gasteiger partial charge < -0.3 is 20.0 Å². The normalized spacial score (nSPS) is 19.8. The van der Waals surface area contributed by atoms with Gasteiger partial charge in [0.15, 0.2) is 5.82 Å². The van der Waals surface area contributed by atoms with Gasteiger partial charge in [0.2, 0.25) is 5.95 Å². The van der Waals surface area contributed by atoms with E-state index in [2.05, 4.69) is 60.5 Å². The molecular formula is C27H33Cl2N7S. The lowest BCUT2D eigenvalue weighted by molar-refractivity contribution is 0.0982. The topological polar surface area (TPSA) is 50.8 Å². The summed E-state index contributed by atoms with van der Waals surface area (Å²) in [4.78, 5) is 20.4. The summed E-state index contributed by atoms with van der Waals surface area (Å²) in [6.07, 6.45) is 5.06. The van der Waals surface area contributed by atoms with Gasteiger partial charge >= 0.3 is 0 Å². The zero-order chi connectivity index (χ0) is 25.4. The number of rotatable bonds is 5. The Kier molecular flexibility index (Phi) is 7.45. The van der Waals surface area contributed by atoms with Crippen molar-refractivity contribution in [2.75, 3.05) is 68.0 Å². The van der Waals surface area contributed by atoms with Crippen LogP contribution in [0.15, 0.2) is 35.8 Å². The van der Waals surface area contributed by atoms with E-state index in [9.17, 15) is 0 Å². The van der Waals surface area contributed by atoms with Crippen molar-refractivity contribution in [3.8, 4) is 0 Å². The van der Waals surface area contributed by atoms with Crippen LogP contribution < -0.4 is 15.1 Å². The smallest absolute Gasteiger partial charge is 0.229 e. The van der Waals surface area contributed by atoms with E-state index in [1.54, 1.807) is 6.20 Å². The predicted octanol–water partition coefficient (Wildman–Crippen LogP) is 5.37. The number of hydrogen-bond donors (Lipinski definition) is 1. The molecule has 0 radical (unpaired) electrons. The van der Waals surface area contributed by atoms with Gasteiger partial charge in [0, 0.05) is 69.0 Å². The van der Waals surface area contributed by atoms with Crippen LogP contribution in [0.2, 0.25) is 10.0 Å². The molecule has 10 heteroatoms. The van der Waals surface area contributed by atoms with Crippen molar-refractivity contribution in [1.82, 2.24) is 19.8 Å². The second-order valence-electron chi connectivity index (χ2n) is 10.3. The summed E-state index contributed by atoms with van der Waals surface area (Å²) in [5, 5.41) is 6.80. The summed E-state index contributed by atoms with van der Waals surface area (Å²) in [5.41, 5.74) is 3.32. The average molecular weight is 559 g/mol. The number of piperidine rings is 1. The van der Waals surface area contributed by atoms with Gasteiger partial charge in [-0.05, 0) is 61.5 Å². The van der Waals surface area contributed by atoms with Gasteiger partial charge in [-0.15, -0.1) is 11.3 Å². The van der Waals surface area contributed by atoms with E-state index in [1.807, 2.05) is 17.4 Å². The maximum atomic E-state index is 6.78. The highest BCUT2D eigenvalue weighted by atomic mass is 35.5. The number of piperazine rings is 1. The molecule has 1 aromatic carbocycles. The molecule has 0 bridgehead atoms. The van der Waals surface area contributed by atoms with Crippen molar-refractivity contribution >= 4 is 57.7 Å². The maximum absolute atomic E-state index is 6.78. The zero-order valence-electron chi connectivity index (χ0n) is 21.2. The average Bonchev–Trinajstić information content (AvgIpc) is 3.39. The number of fused-ring (bicyclic) bond motifs is 1. The SMILES string of the molecule is CN1CCN(C2CCN(c3ccc(Nc4ncc(Cl)c(N5CCc6sccc6C5)n4)cc3Cl)CC2)CC1. The molecule has 37 heavy (non-hydrogen) atoms. The number of nitrogens with one attached hydrogen (secondary N) is 1. The summed E-state index contributed by atoms with van der Waals surface area (Å²) in [6, 6.07) is 9.02. The fourth-order valence-electron chi connectivity index (χ4n) is 5.70. The number of hydrogen-bond acceptors (Lipinski definition) is 8. The Morgan fingerprint density at radius 2 is 1.76 bits per heavy atom. The first kappa shape index (κ1) is 25.2. The van der Waals surface area contributed by atoms with Crippen LogP contribution >= 0.6 is 34.5 Å². The van der Waals surface area contributed by atoms with Crippen molar-refractivity contribution < 1.29 is 0 Å². The molecule has 0 amide bonds. The van der Waals surface area contributed by atoms with Crippen molar-refractivity contribution in [2.45, 2.75) is 31.8 Å². The first-order valence-electron chi connectivity index (χ1n) is 13.1. The van der Waals surface area contributed by atoms with E-state index in [4.69, 9.17) is 28.2 Å². The summed E-state index contributed by atoms with van der Waals surface area (Å²) in [5.74, 6) is 1.29. The fraction of sp³-hybridized carbons (Fsp3) is 0.481. The molecule has 5 heterocycles. The molecule has 2 fully saturated rings. The van der Waals surface area contributed by atoms with E-state index in [-0.39, 0.29) is 0 Å². The molecule has 3 aliphatic rings. The molecule has 6 rings (SSSR count). The number of thiophene rings is 1. The minimum absolute atomic E-state index is 0.521. The van der Waals surface area contributed by atoms with Gasteiger partial charge in [0.05, 0.1) is 16.9 Å². The zero-order valence-corrected chi connectivity index (χ0v) is 23.5. The highest BCUT2D eigenvalue weighted by molar-refractivity contribution is 7.10. The third kappa shape index (κ3) is 5.54. The third-order valence-corrected chi connectivity index (χ3v) is 9.49. The molecule has 3 aliphatic heterocycles. The first-order chi connectivity index (χ1) is 18.0. The molecule has 0 atom stereocenters. The Labute approximate surface area is 233 Å². The fourth-order valence-corrected chi connectivity index (χ4v) is 7.10. The van der Waals surface area contributed by atoms with Gasteiger partial charge in [0.1, 0.15) is 5.02 Å². The van der Waals surface area contributed by atoms with Gasteiger partial charge in [-0.3, -0.25) is 4.90 Å². The van der Waals surface area contributed by atoms with Crippen LogP contribution in [-0.4, -0.2) is 78.7 Å². The Morgan fingerprint density at radius 1 is 0.946 bits per heavy atom. The standard InChI is InChI=1S/C27H33Cl2N7S/c1-33-11-13-34(14-12-33)21-4-8-35(9-5-21)24-3-2-20(16-22(24)28)31-27-30-17-23(29)26(32-27)36-10-6-25-19(18-36)7-15-37-25/h2-3,7,15-17,21H,4-6,8-14,18H2,1H3,(H,30,31,32). The summed E-state index contributed by atoms with van der Waals surface area (Å²) in [6.45, 7) is 8.51. The Bertz CT molecular complexity index is 1240. The van der Waals surface area contributed by atoms with Crippen LogP contribution in [0, 0.1) is 0 Å². The molecular weight excluding hydrogens is 525 g/mol. The molecule has 1 N–H and O–H groups in total. The minimum Gasteiger partial charge on any atom is -0.370 e. The monoisotopic (exact) mass is 557 g/mol. The molecule has 0 aliphatic carbocycles. The highest BCUT2D eigenvalue weighted by Gasteiger charge is 2.27. The van der Waals surface area contributed by atoms with Crippen molar-refractivity contribution in [3.05, 3.63) is 56.3 Å². The van der Waals surface area contributed by atoms with Crippen LogP contribution in [0.1, 0.15) is 23.3 Å². The van der Waals surface area contributed by atoms with Gasteiger partial charge in [0.25, 0.3) is 0 Å². The van der Waals surface area contributed by atoms with Crippen LogP contribution in [-0.2, 0) is 13.0 Å². The Hall–Kier alpha value is -2.10. The number of nitrogens with zero attached hydrogens (tertiary/aromatic N) is 6. The Morgan fingerprint density at radius 3 is 2.54 bits per heavy atom. The van der Waals surface area contributed by atoms with E-state index < -0.39 is 0 Å². The molecule has 3 aromatic rings. The number of aromatic nitrogens is 2. The van der Waals surface area contributed by atoms with Crippen molar-refractivity contribution in [1.29, 1.82) is 0 Å². The number of likely N-dealkylation sites (N-methyl/N-ethyl adjacent to an activating group) is 1. The summed E-state index contributed by atoms with van der Waals surface area (Å²) in [7, 11) is 2.21. The van der Waals surface area contributed by atoms with Gasteiger partial charge in [-0.25, -0.2) is 4.98 Å².